The first kappa shape index (κ1) is 19.7. The van der Waals surface area contributed by atoms with Crippen molar-refractivity contribution < 1.29 is 18.5 Å². The summed E-state index contributed by atoms with van der Waals surface area (Å²) in [6.07, 6.45) is 2.18. The summed E-state index contributed by atoms with van der Waals surface area (Å²) in [6, 6.07) is 10.5. The van der Waals surface area contributed by atoms with Gasteiger partial charge in [-0.25, -0.2) is 0 Å². The van der Waals surface area contributed by atoms with Gasteiger partial charge in [-0.05, 0) is 55.2 Å². The van der Waals surface area contributed by atoms with Crippen molar-refractivity contribution in [2.75, 3.05) is 0 Å². The van der Waals surface area contributed by atoms with Gasteiger partial charge in [-0.3, -0.25) is 4.79 Å². The highest BCUT2D eigenvalue weighted by atomic mass is 79.9. The zero-order valence-electron chi connectivity index (χ0n) is 16.2. The number of carbonyl (C=O) groups is 1. The number of aromatic nitrogens is 2. The van der Waals surface area contributed by atoms with Crippen LogP contribution in [0, 0.1) is 5.92 Å². The maximum atomic E-state index is 12.7. The number of benzene rings is 1. The Morgan fingerprint density at radius 1 is 1.24 bits per heavy atom. The molecule has 0 bridgehead atoms. The van der Waals surface area contributed by atoms with E-state index in [9.17, 15) is 4.79 Å². The number of amides is 1. The van der Waals surface area contributed by atoms with E-state index in [0.717, 1.165) is 28.9 Å². The third-order valence-corrected chi connectivity index (χ3v) is 5.23. The topological polar surface area (TPSA) is 90.4 Å². The van der Waals surface area contributed by atoms with Gasteiger partial charge in [-0.2, -0.15) is 4.98 Å². The van der Waals surface area contributed by atoms with Crippen LogP contribution in [0.2, 0.25) is 0 Å². The van der Waals surface area contributed by atoms with Crippen LogP contribution in [0.3, 0.4) is 0 Å². The summed E-state index contributed by atoms with van der Waals surface area (Å²) >= 11 is 3.38. The molecule has 0 aliphatic heterocycles. The molecule has 4 rings (SSSR count). The fourth-order valence-electron chi connectivity index (χ4n) is 2.87. The Balaban J connectivity index is 1.38. The van der Waals surface area contributed by atoms with E-state index in [2.05, 4.69) is 31.4 Å². The molecule has 0 radical (unpaired) electrons. The summed E-state index contributed by atoms with van der Waals surface area (Å²) in [5.41, 5.74) is 0. The molecule has 8 heteroatoms. The molecule has 0 saturated heterocycles. The number of furan rings is 1. The lowest BCUT2D eigenvalue weighted by molar-refractivity contribution is 0.0881. The molecule has 29 heavy (non-hydrogen) atoms. The van der Waals surface area contributed by atoms with Crippen LogP contribution in [-0.4, -0.2) is 16.0 Å². The predicted octanol–water partition coefficient (Wildman–Crippen LogP) is 5.01. The van der Waals surface area contributed by atoms with Gasteiger partial charge >= 0.3 is 0 Å². The van der Waals surface area contributed by atoms with Gasteiger partial charge in [0.25, 0.3) is 5.91 Å². The number of carbonyl (C=O) groups excluding carboxylic acids is 1. The van der Waals surface area contributed by atoms with Gasteiger partial charge in [0.05, 0.1) is 0 Å². The number of halogens is 1. The highest BCUT2D eigenvalue weighted by Gasteiger charge is 2.32. The lowest BCUT2D eigenvalue weighted by Crippen LogP contribution is -2.31. The quantitative estimate of drug-likeness (QED) is 0.508. The van der Waals surface area contributed by atoms with Crippen LogP contribution in [0.25, 0.3) is 0 Å². The Morgan fingerprint density at radius 2 is 2.00 bits per heavy atom. The van der Waals surface area contributed by atoms with Gasteiger partial charge < -0.3 is 19.0 Å². The molecule has 1 aromatic carbocycles. The summed E-state index contributed by atoms with van der Waals surface area (Å²) < 4.78 is 17.7. The Labute approximate surface area is 176 Å². The molecule has 1 amide bonds. The fourth-order valence-corrected chi connectivity index (χ4v) is 3.13. The highest BCUT2D eigenvalue weighted by Crippen LogP contribution is 2.38. The van der Waals surface area contributed by atoms with E-state index in [1.807, 2.05) is 38.1 Å². The van der Waals surface area contributed by atoms with Crippen LogP contribution >= 0.6 is 15.9 Å². The van der Waals surface area contributed by atoms with Crippen molar-refractivity contribution in [1.82, 2.24) is 15.5 Å². The lowest BCUT2D eigenvalue weighted by atomic mass is 10.0. The van der Waals surface area contributed by atoms with Gasteiger partial charge in [-0.1, -0.05) is 34.9 Å². The number of ether oxygens (including phenoxy) is 1. The largest absolute Gasteiger partial charge is 0.486 e. The van der Waals surface area contributed by atoms with E-state index in [-0.39, 0.29) is 30.2 Å². The molecule has 152 valence electrons. The molecular weight excluding hydrogens is 438 g/mol. The molecule has 1 aliphatic carbocycles. The number of hydrogen-bond acceptors (Lipinski definition) is 6. The molecule has 7 nitrogen and oxygen atoms in total. The van der Waals surface area contributed by atoms with Crippen molar-refractivity contribution in [3.05, 3.63) is 64.1 Å². The first-order chi connectivity index (χ1) is 14.0. The molecular formula is C21H22BrN3O4. The second-order valence-corrected chi connectivity index (χ2v) is 8.38. The minimum Gasteiger partial charge on any atom is -0.486 e. The van der Waals surface area contributed by atoms with E-state index < -0.39 is 0 Å². The molecule has 1 fully saturated rings. The highest BCUT2D eigenvalue weighted by molar-refractivity contribution is 9.10. The van der Waals surface area contributed by atoms with E-state index in [1.54, 1.807) is 12.1 Å². The van der Waals surface area contributed by atoms with E-state index in [0.29, 0.717) is 17.6 Å². The van der Waals surface area contributed by atoms with Crippen LogP contribution in [0.1, 0.15) is 66.7 Å². The molecule has 1 unspecified atom stereocenters. The Hall–Kier alpha value is -2.61. The number of hydrogen-bond donors (Lipinski definition) is 1. The van der Waals surface area contributed by atoms with Gasteiger partial charge in [0, 0.05) is 10.4 Å². The maximum Gasteiger partial charge on any atom is 0.287 e. The molecule has 0 spiro atoms. The van der Waals surface area contributed by atoms with Gasteiger partial charge in [-0.15, -0.1) is 0 Å². The monoisotopic (exact) mass is 459 g/mol. The first-order valence-electron chi connectivity index (χ1n) is 9.61. The smallest absolute Gasteiger partial charge is 0.287 e. The molecule has 1 atom stereocenters. The average Bonchev–Trinajstić information content (AvgIpc) is 3.25. The number of nitrogens with zero attached hydrogens (tertiary/aromatic N) is 2. The molecule has 2 aromatic heterocycles. The Morgan fingerprint density at radius 3 is 2.69 bits per heavy atom. The van der Waals surface area contributed by atoms with Gasteiger partial charge in [0.15, 0.2) is 11.6 Å². The molecule has 2 heterocycles. The molecule has 1 N–H and O–H groups in total. The zero-order valence-corrected chi connectivity index (χ0v) is 17.8. The van der Waals surface area contributed by atoms with Crippen molar-refractivity contribution in [2.24, 2.45) is 5.92 Å². The maximum absolute atomic E-state index is 12.7. The second kappa shape index (κ2) is 8.41. The van der Waals surface area contributed by atoms with E-state index >= 15 is 0 Å². The Kier molecular flexibility index (Phi) is 5.71. The summed E-state index contributed by atoms with van der Waals surface area (Å²) in [6.45, 7) is 4.22. The van der Waals surface area contributed by atoms with Crippen LogP contribution in [0.4, 0.5) is 0 Å². The lowest BCUT2D eigenvalue weighted by Gasteiger charge is -2.17. The molecule has 1 saturated carbocycles. The summed E-state index contributed by atoms with van der Waals surface area (Å²) in [4.78, 5) is 17.1. The average molecular weight is 460 g/mol. The normalized spacial score (nSPS) is 14.8. The molecule has 3 aromatic rings. The second-order valence-electron chi connectivity index (χ2n) is 7.47. The summed E-state index contributed by atoms with van der Waals surface area (Å²) in [5, 5.41) is 6.98. The van der Waals surface area contributed by atoms with Crippen molar-refractivity contribution in [3.8, 4) is 5.75 Å². The molecule has 1 aliphatic rings. The number of rotatable bonds is 8. The zero-order chi connectivity index (χ0) is 20.4. The van der Waals surface area contributed by atoms with Crippen molar-refractivity contribution >= 4 is 21.8 Å². The van der Waals surface area contributed by atoms with Crippen LogP contribution in [0.15, 0.2) is 49.8 Å². The van der Waals surface area contributed by atoms with Crippen molar-refractivity contribution in [2.45, 2.75) is 45.3 Å². The van der Waals surface area contributed by atoms with Crippen LogP contribution in [0.5, 0.6) is 5.75 Å². The third-order valence-electron chi connectivity index (χ3n) is 4.70. The first-order valence-corrected chi connectivity index (χ1v) is 10.4. The standard InChI is InChI=1S/C21H22BrN3O4/c1-12(2)18(21-24-19(25-29-21)13-3-4-13)23-20(26)17-10-9-16(28-17)11-27-15-7-5-14(22)6-8-15/h5-10,12-13,18H,3-4,11H2,1-2H3,(H,23,26). The van der Waals surface area contributed by atoms with Crippen LogP contribution in [-0.2, 0) is 6.61 Å². The van der Waals surface area contributed by atoms with Crippen molar-refractivity contribution in [1.29, 1.82) is 0 Å². The van der Waals surface area contributed by atoms with E-state index in [1.165, 1.54) is 0 Å². The summed E-state index contributed by atoms with van der Waals surface area (Å²) in [5.74, 6) is 2.81. The van der Waals surface area contributed by atoms with Gasteiger partial charge in [0.1, 0.15) is 24.2 Å². The van der Waals surface area contributed by atoms with Crippen molar-refractivity contribution in [3.63, 3.8) is 0 Å². The van der Waals surface area contributed by atoms with E-state index in [4.69, 9.17) is 13.7 Å². The number of nitrogens with one attached hydrogen (secondary N) is 1. The summed E-state index contributed by atoms with van der Waals surface area (Å²) in [7, 11) is 0. The Bertz CT molecular complexity index is 976. The third kappa shape index (κ3) is 4.87. The SMILES string of the molecule is CC(C)C(NC(=O)c1ccc(COc2ccc(Br)cc2)o1)c1nc(C2CC2)no1. The minimum absolute atomic E-state index is 0.0848. The fraction of sp³-hybridized carbons (Fsp3) is 0.381. The van der Waals surface area contributed by atoms with Crippen LogP contribution < -0.4 is 10.1 Å². The minimum atomic E-state index is -0.380. The predicted molar refractivity (Wildman–Crippen MR) is 109 cm³/mol. The van der Waals surface area contributed by atoms with Gasteiger partial charge in [0.2, 0.25) is 5.89 Å².